The highest BCUT2D eigenvalue weighted by molar-refractivity contribution is 6.46. The van der Waals surface area contributed by atoms with Gasteiger partial charge in [-0.2, -0.15) is 0 Å². The molecule has 1 saturated heterocycles. The van der Waals surface area contributed by atoms with Crippen molar-refractivity contribution in [3.05, 3.63) is 106 Å². The summed E-state index contributed by atoms with van der Waals surface area (Å²) < 4.78 is 0. The number of aromatic nitrogens is 1. The van der Waals surface area contributed by atoms with Crippen LogP contribution in [0.3, 0.4) is 0 Å². The van der Waals surface area contributed by atoms with Crippen LogP contribution in [0.1, 0.15) is 33.9 Å². The van der Waals surface area contributed by atoms with Gasteiger partial charge in [-0.15, -0.1) is 0 Å². The lowest BCUT2D eigenvalue weighted by atomic mass is 9.94. The maximum absolute atomic E-state index is 13.0. The molecule has 0 radical (unpaired) electrons. The van der Waals surface area contributed by atoms with Crippen LogP contribution in [-0.4, -0.2) is 26.7 Å². The fourth-order valence-corrected chi connectivity index (χ4v) is 3.69. The lowest BCUT2D eigenvalue weighted by Crippen LogP contribution is -2.29. The van der Waals surface area contributed by atoms with Crippen LogP contribution in [-0.2, 0) is 16.1 Å². The van der Waals surface area contributed by atoms with Crippen molar-refractivity contribution in [1.82, 2.24) is 9.88 Å². The summed E-state index contributed by atoms with van der Waals surface area (Å²) in [5, 5.41) is 11.0. The van der Waals surface area contributed by atoms with Gasteiger partial charge in [-0.05, 0) is 31.0 Å². The van der Waals surface area contributed by atoms with E-state index < -0.39 is 17.7 Å². The van der Waals surface area contributed by atoms with E-state index in [9.17, 15) is 14.7 Å². The van der Waals surface area contributed by atoms with Crippen LogP contribution in [0.2, 0.25) is 0 Å². The number of hydrogen-bond donors (Lipinski definition) is 1. The van der Waals surface area contributed by atoms with Crippen molar-refractivity contribution >= 4 is 17.4 Å². The highest BCUT2D eigenvalue weighted by Gasteiger charge is 2.46. The predicted octanol–water partition coefficient (Wildman–Crippen LogP) is 4.32. The standard InChI is InChI=1S/C25H22N2O3/c1-16-5-9-19(10-6-16)22-21(23(28)20-11-7-17(2)8-12-20)24(29)25(30)27(22)15-18-4-3-13-26-14-18/h3-14,22,28H,15H2,1-2H3/b23-21+. The second-order valence-corrected chi connectivity index (χ2v) is 7.56. The summed E-state index contributed by atoms with van der Waals surface area (Å²) in [6.45, 7) is 4.15. The molecule has 1 aliphatic heterocycles. The molecule has 2 aromatic carbocycles. The Kier molecular flexibility index (Phi) is 5.19. The van der Waals surface area contributed by atoms with Crippen LogP contribution < -0.4 is 0 Å². The number of pyridine rings is 1. The number of aryl methyl sites for hydroxylation is 2. The maximum Gasteiger partial charge on any atom is 0.295 e. The number of hydrogen-bond acceptors (Lipinski definition) is 4. The fraction of sp³-hybridized carbons (Fsp3) is 0.160. The average Bonchev–Trinajstić information content (AvgIpc) is 3.00. The van der Waals surface area contributed by atoms with Crippen molar-refractivity contribution in [2.75, 3.05) is 0 Å². The molecule has 0 bridgehead atoms. The number of Topliss-reactive ketones (excluding diaryl/α,β-unsaturated/α-hetero) is 1. The minimum atomic E-state index is -0.678. The Labute approximate surface area is 175 Å². The minimum absolute atomic E-state index is 0.108. The third-order valence-electron chi connectivity index (χ3n) is 5.33. The summed E-state index contributed by atoms with van der Waals surface area (Å²) >= 11 is 0. The lowest BCUT2D eigenvalue weighted by Gasteiger charge is -2.25. The first kappa shape index (κ1) is 19.6. The van der Waals surface area contributed by atoms with E-state index in [1.54, 1.807) is 30.6 Å². The Morgan fingerprint density at radius 1 is 0.967 bits per heavy atom. The molecule has 0 aliphatic carbocycles. The summed E-state index contributed by atoms with van der Waals surface area (Å²) in [6, 6.07) is 17.9. The van der Waals surface area contributed by atoms with Gasteiger partial charge in [0, 0.05) is 24.5 Å². The molecule has 1 unspecified atom stereocenters. The van der Waals surface area contributed by atoms with E-state index in [2.05, 4.69) is 4.98 Å². The lowest BCUT2D eigenvalue weighted by molar-refractivity contribution is -0.140. The van der Waals surface area contributed by atoms with Crippen LogP contribution in [0.5, 0.6) is 0 Å². The van der Waals surface area contributed by atoms with E-state index in [1.165, 1.54) is 4.90 Å². The van der Waals surface area contributed by atoms with E-state index in [1.807, 2.05) is 56.3 Å². The van der Waals surface area contributed by atoms with Gasteiger partial charge in [0.2, 0.25) is 0 Å². The van der Waals surface area contributed by atoms with Gasteiger partial charge in [-0.3, -0.25) is 14.6 Å². The highest BCUT2D eigenvalue weighted by atomic mass is 16.3. The largest absolute Gasteiger partial charge is 0.507 e. The molecular formula is C25H22N2O3. The molecule has 5 nitrogen and oxygen atoms in total. The molecule has 1 amide bonds. The van der Waals surface area contributed by atoms with Gasteiger partial charge in [-0.25, -0.2) is 0 Å². The first-order valence-electron chi connectivity index (χ1n) is 9.76. The number of aliphatic hydroxyl groups excluding tert-OH is 1. The minimum Gasteiger partial charge on any atom is -0.507 e. The van der Waals surface area contributed by atoms with E-state index in [0.29, 0.717) is 5.56 Å². The molecule has 2 heterocycles. The van der Waals surface area contributed by atoms with Crippen LogP contribution in [0.25, 0.3) is 5.76 Å². The molecule has 150 valence electrons. The Morgan fingerprint density at radius 3 is 2.20 bits per heavy atom. The van der Waals surface area contributed by atoms with Crippen LogP contribution >= 0.6 is 0 Å². The number of carbonyl (C=O) groups is 2. The number of benzene rings is 2. The molecular weight excluding hydrogens is 376 g/mol. The number of aliphatic hydroxyl groups is 1. The van der Waals surface area contributed by atoms with Crippen LogP contribution in [0.15, 0.2) is 78.6 Å². The summed E-state index contributed by atoms with van der Waals surface area (Å²) in [5.74, 6) is -1.46. The van der Waals surface area contributed by atoms with Crippen LogP contribution in [0.4, 0.5) is 0 Å². The van der Waals surface area contributed by atoms with Crippen LogP contribution in [0, 0.1) is 13.8 Å². The fourth-order valence-electron chi connectivity index (χ4n) is 3.69. The smallest absolute Gasteiger partial charge is 0.295 e. The number of rotatable bonds is 4. The molecule has 4 rings (SSSR count). The van der Waals surface area contributed by atoms with Crippen molar-refractivity contribution in [3.8, 4) is 0 Å². The SMILES string of the molecule is Cc1ccc(/C(O)=C2\C(=O)C(=O)N(Cc3cccnc3)C2c2ccc(C)cc2)cc1. The number of carbonyl (C=O) groups excluding carboxylic acids is 2. The highest BCUT2D eigenvalue weighted by Crippen LogP contribution is 2.40. The second kappa shape index (κ2) is 7.95. The number of nitrogens with zero attached hydrogens (tertiary/aromatic N) is 2. The second-order valence-electron chi connectivity index (χ2n) is 7.56. The number of likely N-dealkylation sites (tertiary alicyclic amines) is 1. The van der Waals surface area contributed by atoms with Crippen molar-refractivity contribution in [1.29, 1.82) is 0 Å². The van der Waals surface area contributed by atoms with Crippen molar-refractivity contribution < 1.29 is 14.7 Å². The predicted molar refractivity (Wildman–Crippen MR) is 114 cm³/mol. The van der Waals surface area contributed by atoms with Gasteiger partial charge < -0.3 is 10.0 Å². The molecule has 1 aromatic heterocycles. The Hall–Kier alpha value is -3.73. The van der Waals surface area contributed by atoms with Crippen molar-refractivity contribution in [3.63, 3.8) is 0 Å². The number of ketones is 1. The van der Waals surface area contributed by atoms with E-state index >= 15 is 0 Å². The van der Waals surface area contributed by atoms with Gasteiger partial charge in [0.25, 0.3) is 11.7 Å². The van der Waals surface area contributed by atoms with E-state index in [0.717, 1.165) is 22.3 Å². The Bertz CT molecular complexity index is 1120. The summed E-state index contributed by atoms with van der Waals surface area (Å²) in [6.07, 6.45) is 3.33. The van der Waals surface area contributed by atoms with Gasteiger partial charge in [-0.1, -0.05) is 65.7 Å². The number of amides is 1. The molecule has 3 aromatic rings. The molecule has 1 aliphatic rings. The van der Waals surface area contributed by atoms with E-state index in [4.69, 9.17) is 0 Å². The van der Waals surface area contributed by atoms with Gasteiger partial charge in [0.15, 0.2) is 0 Å². The van der Waals surface area contributed by atoms with Crippen molar-refractivity contribution in [2.24, 2.45) is 0 Å². The topological polar surface area (TPSA) is 70.5 Å². The molecule has 1 atom stereocenters. The zero-order valence-corrected chi connectivity index (χ0v) is 16.9. The summed E-state index contributed by atoms with van der Waals surface area (Å²) in [5.41, 5.74) is 4.32. The average molecular weight is 398 g/mol. The molecule has 1 N–H and O–H groups in total. The third-order valence-corrected chi connectivity index (χ3v) is 5.33. The zero-order valence-electron chi connectivity index (χ0n) is 16.9. The molecule has 5 heteroatoms. The third kappa shape index (κ3) is 3.62. The van der Waals surface area contributed by atoms with Gasteiger partial charge >= 0.3 is 0 Å². The zero-order chi connectivity index (χ0) is 21.3. The Morgan fingerprint density at radius 2 is 1.60 bits per heavy atom. The quantitative estimate of drug-likeness (QED) is 0.404. The molecule has 30 heavy (non-hydrogen) atoms. The van der Waals surface area contributed by atoms with Gasteiger partial charge in [0.1, 0.15) is 5.76 Å². The first-order valence-corrected chi connectivity index (χ1v) is 9.76. The molecule has 0 saturated carbocycles. The van der Waals surface area contributed by atoms with Gasteiger partial charge in [0.05, 0.1) is 11.6 Å². The summed E-state index contributed by atoms with van der Waals surface area (Å²) in [4.78, 5) is 31.6. The molecule has 1 fully saturated rings. The first-order chi connectivity index (χ1) is 14.5. The normalized spacial score (nSPS) is 18.1. The molecule has 0 spiro atoms. The van der Waals surface area contributed by atoms with E-state index in [-0.39, 0.29) is 17.9 Å². The summed E-state index contributed by atoms with van der Waals surface area (Å²) in [7, 11) is 0. The Balaban J connectivity index is 1.85. The monoisotopic (exact) mass is 398 g/mol. The van der Waals surface area contributed by atoms with Crippen molar-refractivity contribution in [2.45, 2.75) is 26.4 Å². The maximum atomic E-state index is 13.0.